The Bertz CT molecular complexity index is 1230. The molecule has 0 aliphatic carbocycles. The van der Waals surface area contributed by atoms with Crippen LogP contribution < -0.4 is 5.32 Å². The van der Waals surface area contributed by atoms with Crippen molar-refractivity contribution >= 4 is 25.5 Å². The zero-order valence-corrected chi connectivity index (χ0v) is 24.2. The fourth-order valence-corrected chi connectivity index (χ4v) is 4.92. The van der Waals surface area contributed by atoms with E-state index in [1.54, 1.807) is 31.2 Å². The molecule has 1 fully saturated rings. The highest BCUT2D eigenvalue weighted by Crippen LogP contribution is 2.35. The highest BCUT2D eigenvalue weighted by Gasteiger charge is 2.35. The lowest BCUT2D eigenvalue weighted by Gasteiger charge is -2.36. The summed E-state index contributed by atoms with van der Waals surface area (Å²) >= 11 is 0. The molecule has 4 N–H and O–H groups in total. The Hall–Kier alpha value is -3.38. The number of unbranched alkanes of at least 4 members (excludes halogenated alkanes) is 1. The third kappa shape index (κ3) is 10.2. The quantitative estimate of drug-likeness (QED) is 0.210. The fourth-order valence-electron chi connectivity index (χ4n) is 4.20. The second-order valence-electron chi connectivity index (χ2n) is 9.98. The van der Waals surface area contributed by atoms with Crippen molar-refractivity contribution in [3.05, 3.63) is 47.8 Å². The maximum atomic E-state index is 13.3. The molecular formula is C27H38N5O8P. The predicted molar refractivity (Wildman–Crippen MR) is 150 cm³/mol. The summed E-state index contributed by atoms with van der Waals surface area (Å²) < 4.78 is 17.1. The Balaban J connectivity index is 1.77. The van der Waals surface area contributed by atoms with E-state index in [2.05, 4.69) is 15.3 Å². The molecule has 0 bridgehead atoms. The normalized spacial score (nSPS) is 15.2. The van der Waals surface area contributed by atoms with Gasteiger partial charge in [-0.05, 0) is 32.3 Å². The van der Waals surface area contributed by atoms with Crippen molar-refractivity contribution in [3.8, 4) is 11.4 Å². The van der Waals surface area contributed by atoms with Gasteiger partial charge in [-0.25, -0.2) is 14.8 Å². The molecule has 3 amide bonds. The van der Waals surface area contributed by atoms with E-state index in [4.69, 9.17) is 4.74 Å². The maximum absolute atomic E-state index is 13.3. The molecule has 1 aliphatic rings. The number of benzene rings is 1. The van der Waals surface area contributed by atoms with Crippen LogP contribution in [0.25, 0.3) is 11.4 Å². The number of amides is 3. The number of rotatable bonds is 12. The molecule has 2 aromatic rings. The molecular weight excluding hydrogens is 553 g/mol. The van der Waals surface area contributed by atoms with Gasteiger partial charge in [-0.1, -0.05) is 43.7 Å². The van der Waals surface area contributed by atoms with Gasteiger partial charge in [-0.2, -0.15) is 0 Å². The molecule has 41 heavy (non-hydrogen) atoms. The summed E-state index contributed by atoms with van der Waals surface area (Å²) in [4.78, 5) is 69.9. The number of hydrogen-bond donors (Lipinski definition) is 4. The molecule has 3 rings (SSSR count). The second kappa shape index (κ2) is 15.0. The van der Waals surface area contributed by atoms with Gasteiger partial charge >= 0.3 is 13.7 Å². The van der Waals surface area contributed by atoms with E-state index in [9.17, 15) is 33.8 Å². The van der Waals surface area contributed by atoms with E-state index in [0.29, 0.717) is 30.7 Å². The Labute approximate surface area is 239 Å². The smallest absolute Gasteiger partial charge is 0.409 e. The second-order valence-corrected chi connectivity index (χ2v) is 11.7. The standard InChI is InChI=1S/C27H38N5O8P/c1-3-4-16-40-27(36)32-14-12-31(13-15-32)26(35)23(18-41(37,38)39)30-25(34)22-17-21(11-10-19(2)33)28-24(29-22)20-8-6-5-7-9-20/h5-9,17,19,23,33H,3-4,10-16,18H2,1-2H3,(H,30,34)(H2,37,38,39)/t19?,23-/m0/s1. The largest absolute Gasteiger partial charge is 0.449 e. The van der Waals surface area contributed by atoms with Crippen molar-refractivity contribution < 1.29 is 38.6 Å². The Morgan fingerprint density at radius 1 is 1.07 bits per heavy atom. The van der Waals surface area contributed by atoms with Crippen molar-refractivity contribution in [1.29, 1.82) is 0 Å². The average molecular weight is 592 g/mol. The van der Waals surface area contributed by atoms with Crippen molar-refractivity contribution in [2.24, 2.45) is 0 Å². The summed E-state index contributed by atoms with van der Waals surface area (Å²) in [6.07, 6.45) is 0.410. The van der Waals surface area contributed by atoms with Gasteiger partial charge in [0.15, 0.2) is 5.82 Å². The Morgan fingerprint density at radius 2 is 1.73 bits per heavy atom. The summed E-state index contributed by atoms with van der Waals surface area (Å²) in [7, 11) is -4.71. The van der Waals surface area contributed by atoms with Gasteiger partial charge < -0.3 is 34.7 Å². The topological polar surface area (TPSA) is 182 Å². The average Bonchev–Trinajstić information content (AvgIpc) is 2.95. The molecule has 1 aromatic heterocycles. The molecule has 1 unspecified atom stereocenters. The minimum absolute atomic E-state index is 0.0809. The minimum atomic E-state index is -4.71. The number of nitrogens with one attached hydrogen (secondary N) is 1. The Kier molecular flexibility index (Phi) is 11.8. The molecule has 2 atom stereocenters. The van der Waals surface area contributed by atoms with Crippen LogP contribution in [0.5, 0.6) is 0 Å². The van der Waals surface area contributed by atoms with Crippen LogP contribution in [0.1, 0.15) is 49.3 Å². The number of nitrogens with zero attached hydrogens (tertiary/aromatic N) is 4. The summed E-state index contributed by atoms with van der Waals surface area (Å²) in [6.45, 7) is 4.53. The van der Waals surface area contributed by atoms with Gasteiger partial charge in [0.2, 0.25) is 5.91 Å². The van der Waals surface area contributed by atoms with Crippen LogP contribution >= 0.6 is 7.60 Å². The fraction of sp³-hybridized carbons (Fsp3) is 0.519. The molecule has 1 aromatic carbocycles. The molecule has 13 nitrogen and oxygen atoms in total. The van der Waals surface area contributed by atoms with Crippen LogP contribution in [0.4, 0.5) is 4.79 Å². The number of aromatic nitrogens is 2. The molecule has 0 spiro atoms. The first kappa shape index (κ1) is 32.1. The van der Waals surface area contributed by atoms with Gasteiger partial charge in [-0.3, -0.25) is 14.2 Å². The number of piperazine rings is 1. The van der Waals surface area contributed by atoms with Crippen molar-refractivity contribution in [2.45, 2.75) is 51.7 Å². The summed E-state index contributed by atoms with van der Waals surface area (Å²) in [5.41, 5.74) is 1.06. The van der Waals surface area contributed by atoms with E-state index in [0.717, 1.165) is 12.8 Å². The van der Waals surface area contributed by atoms with Crippen LogP contribution in [0.3, 0.4) is 0 Å². The lowest BCUT2D eigenvalue weighted by Crippen LogP contribution is -2.56. The summed E-state index contributed by atoms with van der Waals surface area (Å²) in [6, 6.07) is 8.86. The molecule has 2 heterocycles. The maximum Gasteiger partial charge on any atom is 0.409 e. The lowest BCUT2D eigenvalue weighted by atomic mass is 10.1. The number of ether oxygens (including phenoxy) is 1. The van der Waals surface area contributed by atoms with Crippen LogP contribution in [-0.4, -0.2) is 104 Å². The van der Waals surface area contributed by atoms with Gasteiger partial charge in [0.05, 0.1) is 18.9 Å². The predicted octanol–water partition coefficient (Wildman–Crippen LogP) is 1.81. The minimum Gasteiger partial charge on any atom is -0.449 e. The first-order chi connectivity index (χ1) is 19.5. The van der Waals surface area contributed by atoms with E-state index < -0.39 is 43.8 Å². The lowest BCUT2D eigenvalue weighted by molar-refractivity contribution is -0.134. The van der Waals surface area contributed by atoms with Crippen molar-refractivity contribution in [1.82, 2.24) is 25.1 Å². The van der Waals surface area contributed by atoms with Crippen LogP contribution in [0.15, 0.2) is 36.4 Å². The SMILES string of the molecule is CCCCOC(=O)N1CCN(C(=O)[C@H](CP(=O)(O)O)NC(=O)c2cc(CCC(C)O)nc(-c3ccccc3)n2)CC1. The zero-order chi connectivity index (χ0) is 30.0. The summed E-state index contributed by atoms with van der Waals surface area (Å²) in [5, 5.41) is 12.2. The van der Waals surface area contributed by atoms with Crippen molar-refractivity contribution in [3.63, 3.8) is 0 Å². The van der Waals surface area contributed by atoms with E-state index >= 15 is 0 Å². The number of aliphatic hydroxyl groups excluding tert-OH is 1. The Morgan fingerprint density at radius 3 is 2.34 bits per heavy atom. The van der Waals surface area contributed by atoms with Crippen LogP contribution in [0, 0.1) is 0 Å². The summed E-state index contributed by atoms with van der Waals surface area (Å²) in [5.74, 6) is -1.21. The van der Waals surface area contributed by atoms with E-state index in [1.165, 1.54) is 15.9 Å². The number of hydrogen-bond acceptors (Lipinski definition) is 8. The van der Waals surface area contributed by atoms with Gasteiger partial charge in [0, 0.05) is 37.4 Å². The highest BCUT2D eigenvalue weighted by molar-refractivity contribution is 7.51. The van der Waals surface area contributed by atoms with Crippen LogP contribution in [0.2, 0.25) is 0 Å². The molecule has 14 heteroatoms. The highest BCUT2D eigenvalue weighted by atomic mass is 31.2. The molecule has 0 saturated carbocycles. The number of carbonyl (C=O) groups is 3. The third-order valence-corrected chi connectivity index (χ3v) is 7.30. The van der Waals surface area contributed by atoms with Gasteiger partial charge in [0.25, 0.3) is 5.91 Å². The molecule has 1 aliphatic heterocycles. The molecule has 224 valence electrons. The third-order valence-electron chi connectivity index (χ3n) is 6.46. The van der Waals surface area contributed by atoms with Crippen molar-refractivity contribution in [2.75, 3.05) is 38.9 Å². The first-order valence-electron chi connectivity index (χ1n) is 13.6. The van der Waals surface area contributed by atoms with Gasteiger partial charge in [-0.15, -0.1) is 0 Å². The monoisotopic (exact) mass is 591 g/mol. The number of aliphatic hydroxyl groups is 1. The van der Waals surface area contributed by atoms with E-state index in [1.807, 2.05) is 13.0 Å². The molecule has 1 saturated heterocycles. The number of aryl methyl sites for hydroxylation is 1. The zero-order valence-electron chi connectivity index (χ0n) is 23.3. The number of carbonyl (C=O) groups excluding carboxylic acids is 3. The van der Waals surface area contributed by atoms with Gasteiger partial charge in [0.1, 0.15) is 11.7 Å². The van der Waals surface area contributed by atoms with Crippen LogP contribution in [-0.2, 0) is 20.5 Å². The first-order valence-corrected chi connectivity index (χ1v) is 15.4. The molecule has 0 radical (unpaired) electrons. The van der Waals surface area contributed by atoms with E-state index in [-0.39, 0.29) is 37.7 Å².